The molecule has 0 aliphatic carbocycles. The highest BCUT2D eigenvalue weighted by Gasteiger charge is 2.10. The van der Waals surface area contributed by atoms with Gasteiger partial charge in [-0.05, 0) is 23.8 Å². The molecule has 1 rings (SSSR count). The Hall–Kier alpha value is -0.170. The standard InChI is InChI=1S/C9H10BrClFNO2S/c10-9-2-1-8(12)5-7(9)6-13-16(14,15)4-3-11/h1-2,5,13H,3-4,6H2. The van der Waals surface area contributed by atoms with Gasteiger partial charge in [-0.3, -0.25) is 0 Å². The maximum Gasteiger partial charge on any atom is 0.213 e. The van der Waals surface area contributed by atoms with Gasteiger partial charge in [0.05, 0.1) is 5.75 Å². The zero-order valence-electron chi connectivity index (χ0n) is 8.21. The fraction of sp³-hybridized carbons (Fsp3) is 0.333. The summed E-state index contributed by atoms with van der Waals surface area (Å²) < 4.78 is 38.5. The largest absolute Gasteiger partial charge is 0.213 e. The minimum absolute atomic E-state index is 0.0274. The van der Waals surface area contributed by atoms with Crippen molar-refractivity contribution in [2.24, 2.45) is 0 Å². The van der Waals surface area contributed by atoms with E-state index < -0.39 is 15.8 Å². The predicted molar refractivity (Wildman–Crippen MR) is 65.4 cm³/mol. The van der Waals surface area contributed by atoms with Crippen LogP contribution in [0.15, 0.2) is 22.7 Å². The van der Waals surface area contributed by atoms with Crippen molar-refractivity contribution < 1.29 is 12.8 Å². The van der Waals surface area contributed by atoms with Crippen LogP contribution < -0.4 is 4.72 Å². The Morgan fingerprint density at radius 3 is 2.75 bits per heavy atom. The monoisotopic (exact) mass is 329 g/mol. The summed E-state index contributed by atoms with van der Waals surface area (Å²) in [5.74, 6) is -0.532. The predicted octanol–water partition coefficient (Wildman–Crippen LogP) is 2.25. The molecule has 0 fully saturated rings. The minimum Gasteiger partial charge on any atom is -0.212 e. The number of benzene rings is 1. The fourth-order valence-electron chi connectivity index (χ4n) is 1.04. The van der Waals surface area contributed by atoms with E-state index in [1.807, 2.05) is 0 Å². The number of hydrogen-bond acceptors (Lipinski definition) is 2. The van der Waals surface area contributed by atoms with Gasteiger partial charge in [0.2, 0.25) is 10.0 Å². The molecule has 0 saturated carbocycles. The molecule has 0 heterocycles. The molecule has 0 aliphatic heterocycles. The van der Waals surface area contributed by atoms with E-state index in [1.54, 1.807) is 0 Å². The van der Waals surface area contributed by atoms with E-state index in [-0.39, 0.29) is 18.2 Å². The van der Waals surface area contributed by atoms with Crippen molar-refractivity contribution >= 4 is 37.6 Å². The van der Waals surface area contributed by atoms with Crippen LogP contribution in [-0.2, 0) is 16.6 Å². The lowest BCUT2D eigenvalue weighted by Gasteiger charge is -2.07. The lowest BCUT2D eigenvalue weighted by molar-refractivity contribution is 0.581. The molecule has 90 valence electrons. The summed E-state index contributed by atoms with van der Waals surface area (Å²) in [6.45, 7) is 0.0393. The van der Waals surface area contributed by atoms with Gasteiger partial charge < -0.3 is 0 Å². The number of sulfonamides is 1. The van der Waals surface area contributed by atoms with Crippen molar-refractivity contribution in [2.45, 2.75) is 6.54 Å². The van der Waals surface area contributed by atoms with Gasteiger partial charge in [-0.1, -0.05) is 15.9 Å². The summed E-state index contributed by atoms with van der Waals surface area (Å²) in [6.07, 6.45) is 0. The van der Waals surface area contributed by atoms with E-state index >= 15 is 0 Å². The lowest BCUT2D eigenvalue weighted by atomic mass is 10.2. The fourth-order valence-corrected chi connectivity index (χ4v) is 2.76. The number of alkyl halides is 1. The van der Waals surface area contributed by atoms with Crippen molar-refractivity contribution in [3.8, 4) is 0 Å². The SMILES string of the molecule is O=S(=O)(CCCl)NCc1cc(F)ccc1Br. The number of rotatable bonds is 5. The number of hydrogen-bond donors (Lipinski definition) is 1. The van der Waals surface area contributed by atoms with Crippen LogP contribution in [0.4, 0.5) is 4.39 Å². The summed E-state index contributed by atoms with van der Waals surface area (Å²) >= 11 is 8.55. The van der Waals surface area contributed by atoms with Gasteiger partial charge in [0.15, 0.2) is 0 Å². The third-order valence-electron chi connectivity index (χ3n) is 1.84. The lowest BCUT2D eigenvalue weighted by Crippen LogP contribution is -2.26. The van der Waals surface area contributed by atoms with Gasteiger partial charge in [-0.15, -0.1) is 11.6 Å². The van der Waals surface area contributed by atoms with Crippen molar-refractivity contribution in [1.82, 2.24) is 4.72 Å². The molecule has 1 N–H and O–H groups in total. The van der Waals surface area contributed by atoms with Crippen LogP contribution in [0.25, 0.3) is 0 Å². The first-order valence-corrected chi connectivity index (χ1v) is 7.40. The highest BCUT2D eigenvalue weighted by molar-refractivity contribution is 9.10. The molecule has 7 heteroatoms. The maximum absolute atomic E-state index is 12.9. The van der Waals surface area contributed by atoms with E-state index in [4.69, 9.17) is 11.6 Å². The topological polar surface area (TPSA) is 46.2 Å². The quantitative estimate of drug-likeness (QED) is 0.842. The highest BCUT2D eigenvalue weighted by Crippen LogP contribution is 2.17. The molecule has 1 aromatic rings. The van der Waals surface area contributed by atoms with Crippen molar-refractivity contribution in [1.29, 1.82) is 0 Å². The molecule has 0 radical (unpaired) electrons. The smallest absolute Gasteiger partial charge is 0.212 e. The molecule has 3 nitrogen and oxygen atoms in total. The van der Waals surface area contributed by atoms with Gasteiger partial charge in [-0.2, -0.15) is 0 Å². The molecule has 0 saturated heterocycles. The molecule has 0 aliphatic rings. The normalized spacial score (nSPS) is 11.7. The van der Waals surface area contributed by atoms with Crippen LogP contribution in [0, 0.1) is 5.82 Å². The van der Waals surface area contributed by atoms with E-state index in [2.05, 4.69) is 20.7 Å². The molecule has 1 aromatic carbocycles. The summed E-state index contributed by atoms with van der Waals surface area (Å²) in [4.78, 5) is 0. The van der Waals surface area contributed by atoms with Crippen LogP contribution in [0.5, 0.6) is 0 Å². The van der Waals surface area contributed by atoms with E-state index in [0.717, 1.165) is 0 Å². The maximum atomic E-state index is 12.9. The molecule has 0 bridgehead atoms. The summed E-state index contributed by atoms with van der Waals surface area (Å²) in [5.41, 5.74) is 0.540. The third kappa shape index (κ3) is 4.37. The van der Waals surface area contributed by atoms with Gasteiger partial charge in [0, 0.05) is 16.9 Å². The first kappa shape index (κ1) is 13.9. The second-order valence-corrected chi connectivity index (χ2v) is 6.22. The third-order valence-corrected chi connectivity index (χ3v) is 4.35. The first-order valence-electron chi connectivity index (χ1n) is 4.42. The average Bonchev–Trinajstić information content (AvgIpc) is 2.19. The zero-order chi connectivity index (χ0) is 12.2. The van der Waals surface area contributed by atoms with Crippen molar-refractivity contribution in [3.63, 3.8) is 0 Å². The van der Waals surface area contributed by atoms with Crippen LogP contribution >= 0.6 is 27.5 Å². The second kappa shape index (κ2) is 5.95. The first-order chi connectivity index (χ1) is 7.44. The van der Waals surface area contributed by atoms with Crippen LogP contribution in [0.1, 0.15) is 5.56 Å². The molecular formula is C9H10BrClFNO2S. The number of halogens is 3. The average molecular weight is 331 g/mol. The molecule has 0 atom stereocenters. The molecule has 0 aromatic heterocycles. The van der Waals surface area contributed by atoms with E-state index in [1.165, 1.54) is 18.2 Å². The summed E-state index contributed by atoms with van der Waals surface area (Å²) in [5, 5.41) is 0. The Balaban J connectivity index is 2.71. The van der Waals surface area contributed by atoms with Crippen molar-refractivity contribution in [3.05, 3.63) is 34.1 Å². The van der Waals surface area contributed by atoms with Crippen LogP contribution in [-0.4, -0.2) is 20.1 Å². The Bertz CT molecular complexity index is 467. The van der Waals surface area contributed by atoms with Crippen LogP contribution in [0.2, 0.25) is 0 Å². The van der Waals surface area contributed by atoms with Gasteiger partial charge in [0.25, 0.3) is 0 Å². The molecule has 0 spiro atoms. The van der Waals surface area contributed by atoms with Gasteiger partial charge in [0.1, 0.15) is 5.82 Å². The molecular weight excluding hydrogens is 321 g/mol. The molecule has 16 heavy (non-hydrogen) atoms. The highest BCUT2D eigenvalue weighted by atomic mass is 79.9. The summed E-state index contributed by atoms with van der Waals surface area (Å²) in [6, 6.07) is 4.09. The molecule has 0 unspecified atom stereocenters. The second-order valence-electron chi connectivity index (χ2n) is 3.06. The zero-order valence-corrected chi connectivity index (χ0v) is 11.4. The Kier molecular flexibility index (Phi) is 5.17. The summed E-state index contributed by atoms with van der Waals surface area (Å²) in [7, 11) is -3.38. The number of nitrogens with one attached hydrogen (secondary N) is 1. The van der Waals surface area contributed by atoms with E-state index in [0.29, 0.717) is 10.0 Å². The van der Waals surface area contributed by atoms with Gasteiger partial charge in [-0.25, -0.2) is 17.5 Å². The van der Waals surface area contributed by atoms with Gasteiger partial charge >= 0.3 is 0 Å². The van der Waals surface area contributed by atoms with Crippen LogP contribution in [0.3, 0.4) is 0 Å². The van der Waals surface area contributed by atoms with Crippen molar-refractivity contribution in [2.75, 3.05) is 11.6 Å². The Morgan fingerprint density at radius 2 is 2.12 bits per heavy atom. The van der Waals surface area contributed by atoms with E-state index in [9.17, 15) is 12.8 Å². The Morgan fingerprint density at radius 1 is 1.44 bits per heavy atom. The molecule has 0 amide bonds. The minimum atomic E-state index is -3.38. The Labute approximate surface area is 107 Å².